The fraction of sp³-hybridized carbons (Fsp3) is 0.136. The minimum Gasteiger partial charge on any atom is -0.395 e. The molecule has 1 N–H and O–H groups in total. The molecular weight excluding hydrogens is 381 g/mol. The van der Waals surface area contributed by atoms with Crippen LogP contribution in [0.5, 0.6) is 0 Å². The van der Waals surface area contributed by atoms with Crippen LogP contribution in [0.25, 0.3) is 32.8 Å². The summed E-state index contributed by atoms with van der Waals surface area (Å²) in [5, 5.41) is 11.4. The van der Waals surface area contributed by atoms with Gasteiger partial charge in [0.2, 0.25) is 0 Å². The summed E-state index contributed by atoms with van der Waals surface area (Å²) in [7, 11) is 0. The van der Waals surface area contributed by atoms with Crippen molar-refractivity contribution in [1.29, 1.82) is 0 Å². The maximum absolute atomic E-state index is 13.4. The third-order valence-electron chi connectivity index (χ3n) is 5.32. The van der Waals surface area contributed by atoms with Crippen LogP contribution in [0, 0.1) is 0 Å². The summed E-state index contributed by atoms with van der Waals surface area (Å²) < 4.78 is 43.4. The van der Waals surface area contributed by atoms with E-state index in [-0.39, 0.29) is 12.2 Å². The van der Waals surface area contributed by atoms with Crippen LogP contribution in [0.2, 0.25) is 0 Å². The minimum atomic E-state index is -4.62. The van der Waals surface area contributed by atoms with Crippen LogP contribution < -0.4 is 0 Å². The van der Waals surface area contributed by atoms with Gasteiger partial charge in [-0.1, -0.05) is 30.3 Å². The van der Waals surface area contributed by atoms with E-state index in [1.807, 2.05) is 34.9 Å². The Labute approximate surface area is 162 Å². The molecule has 2 bridgehead atoms. The quantitative estimate of drug-likeness (QED) is 0.472. The van der Waals surface area contributed by atoms with E-state index >= 15 is 0 Å². The number of carbonyl (C=O) groups is 1. The molecule has 3 aromatic heterocycles. The molecule has 0 amide bonds. The first-order chi connectivity index (χ1) is 13.9. The van der Waals surface area contributed by atoms with Crippen molar-refractivity contribution in [2.24, 2.45) is 0 Å². The number of nitrogens with zero attached hydrogens (tertiary/aromatic N) is 2. The number of aliphatic hydroxyl groups is 1. The van der Waals surface area contributed by atoms with Gasteiger partial charge in [-0.3, -0.25) is 9.36 Å². The summed E-state index contributed by atoms with van der Waals surface area (Å²) >= 11 is 0. The van der Waals surface area contributed by atoms with Crippen LogP contribution in [0.1, 0.15) is 15.9 Å². The predicted molar refractivity (Wildman–Crippen MR) is 104 cm³/mol. The molecule has 0 fully saturated rings. The third-order valence-corrected chi connectivity index (χ3v) is 5.32. The Bertz CT molecular complexity index is 1380. The number of benzene rings is 3. The van der Waals surface area contributed by atoms with Gasteiger partial charge in [-0.2, -0.15) is 13.2 Å². The fourth-order valence-electron chi connectivity index (χ4n) is 4.12. The Hall–Kier alpha value is -3.32. The molecule has 7 heteroatoms. The van der Waals surface area contributed by atoms with Crippen molar-refractivity contribution < 1.29 is 23.1 Å². The highest BCUT2D eigenvalue weighted by molar-refractivity contribution is 6.20. The average molecular weight is 396 g/mol. The number of halogens is 3. The van der Waals surface area contributed by atoms with Crippen LogP contribution in [0.4, 0.5) is 13.2 Å². The molecule has 3 aromatic carbocycles. The molecule has 29 heavy (non-hydrogen) atoms. The van der Waals surface area contributed by atoms with E-state index in [1.54, 1.807) is 6.07 Å². The van der Waals surface area contributed by atoms with Gasteiger partial charge in [0.15, 0.2) is 0 Å². The molecule has 0 aliphatic carbocycles. The van der Waals surface area contributed by atoms with Gasteiger partial charge in [-0.25, -0.2) is 0 Å². The first-order valence-electron chi connectivity index (χ1n) is 9.08. The topological polar surface area (TPSA) is 47.2 Å². The van der Waals surface area contributed by atoms with Gasteiger partial charge < -0.3 is 9.67 Å². The second-order valence-electron chi connectivity index (χ2n) is 6.94. The Morgan fingerprint density at radius 3 is 2.41 bits per heavy atom. The number of hydrogen-bond acceptors (Lipinski definition) is 2. The number of pyridine rings is 1. The van der Waals surface area contributed by atoms with Crippen molar-refractivity contribution in [3.05, 3.63) is 71.8 Å². The van der Waals surface area contributed by atoms with E-state index in [2.05, 4.69) is 0 Å². The third kappa shape index (κ3) is 2.47. The summed E-state index contributed by atoms with van der Waals surface area (Å²) in [6.45, 7) is 0.220. The molecule has 0 saturated carbocycles. The molecule has 0 aliphatic rings. The second kappa shape index (κ2) is 6.09. The average Bonchev–Trinajstić information content (AvgIpc) is 3.02. The Kier molecular flexibility index (Phi) is 3.73. The van der Waals surface area contributed by atoms with Gasteiger partial charge >= 0.3 is 6.18 Å². The molecule has 0 radical (unpaired) electrons. The van der Waals surface area contributed by atoms with Gasteiger partial charge in [0, 0.05) is 22.8 Å². The summed E-state index contributed by atoms with van der Waals surface area (Å²) in [4.78, 5) is 13.1. The first kappa shape index (κ1) is 17.8. The van der Waals surface area contributed by atoms with Crippen LogP contribution in [-0.4, -0.2) is 26.8 Å². The van der Waals surface area contributed by atoms with E-state index in [1.165, 1.54) is 22.8 Å². The maximum Gasteiger partial charge on any atom is 0.417 e. The smallest absolute Gasteiger partial charge is 0.395 e. The molecule has 0 atom stereocenters. The van der Waals surface area contributed by atoms with Crippen molar-refractivity contribution in [1.82, 2.24) is 9.13 Å². The lowest BCUT2D eigenvalue weighted by molar-refractivity contribution is -0.137. The molecule has 0 spiro atoms. The van der Waals surface area contributed by atoms with E-state index in [4.69, 9.17) is 0 Å². The highest BCUT2D eigenvalue weighted by Gasteiger charge is 2.36. The molecule has 0 unspecified atom stereocenters. The SMILES string of the molecule is O=C(c1ccccc1C(F)(F)F)N1c2cc1c1c(c2)c2ccccc2n1CCO. The number of alkyl halides is 3. The van der Waals surface area contributed by atoms with Crippen molar-refractivity contribution in [3.63, 3.8) is 0 Å². The zero-order chi connectivity index (χ0) is 20.3. The molecular formula is C22H15F3N2O2. The summed E-state index contributed by atoms with van der Waals surface area (Å²) in [6.07, 6.45) is -4.62. The maximum atomic E-state index is 13.4. The lowest BCUT2D eigenvalue weighted by Crippen LogP contribution is -2.22. The summed E-state index contributed by atoms with van der Waals surface area (Å²) in [5.74, 6) is -0.715. The number of hydrogen-bond donors (Lipinski definition) is 1. The van der Waals surface area contributed by atoms with Crippen LogP contribution >= 0.6 is 0 Å². The zero-order valence-corrected chi connectivity index (χ0v) is 15.1. The predicted octanol–water partition coefficient (Wildman–Crippen LogP) is 4.89. The van der Waals surface area contributed by atoms with Gasteiger partial charge in [0.05, 0.1) is 34.3 Å². The van der Waals surface area contributed by atoms with Gasteiger partial charge in [-0.05, 0) is 30.3 Å². The van der Waals surface area contributed by atoms with E-state index < -0.39 is 17.6 Å². The van der Waals surface area contributed by atoms with Gasteiger partial charge in [0.25, 0.3) is 5.91 Å². The van der Waals surface area contributed by atoms with Crippen LogP contribution in [-0.2, 0) is 12.7 Å². The number of rotatable bonds is 3. The van der Waals surface area contributed by atoms with E-state index in [0.29, 0.717) is 17.6 Å². The minimum absolute atomic E-state index is 0.0974. The Balaban J connectivity index is 1.77. The Morgan fingerprint density at radius 2 is 1.66 bits per heavy atom. The number of aliphatic hydroxyl groups excluding tert-OH is 1. The normalized spacial score (nSPS) is 12.6. The number of aromatic nitrogens is 2. The fourth-order valence-corrected chi connectivity index (χ4v) is 4.12. The van der Waals surface area contributed by atoms with Crippen LogP contribution in [0.3, 0.4) is 0 Å². The van der Waals surface area contributed by atoms with E-state index in [9.17, 15) is 23.1 Å². The monoisotopic (exact) mass is 396 g/mol. The van der Waals surface area contributed by atoms with Crippen molar-refractivity contribution in [2.45, 2.75) is 12.7 Å². The highest BCUT2D eigenvalue weighted by Crippen LogP contribution is 2.38. The lowest BCUT2D eigenvalue weighted by Gasteiger charge is -2.21. The standard InChI is InChI=1S/C22H15F3N2O2/c23-22(24,25)17-7-3-1-6-15(17)21(29)27-13-11-16-14-5-2-4-8-18(14)26(9-10-28)20(16)19(27)12-13/h1-8,11-12,28H,9-10H2. The Morgan fingerprint density at radius 1 is 0.931 bits per heavy atom. The summed E-state index contributed by atoms with van der Waals surface area (Å²) in [5.41, 5.74) is 1.40. The lowest BCUT2D eigenvalue weighted by atomic mass is 10.0. The molecule has 3 heterocycles. The second-order valence-corrected chi connectivity index (χ2v) is 6.94. The molecule has 0 saturated heterocycles. The molecule has 4 nitrogen and oxygen atoms in total. The first-order valence-corrected chi connectivity index (χ1v) is 9.08. The molecule has 6 aromatic rings. The number of para-hydroxylation sites is 1. The zero-order valence-electron chi connectivity index (χ0n) is 15.1. The van der Waals surface area contributed by atoms with E-state index in [0.717, 1.165) is 27.9 Å². The van der Waals surface area contributed by atoms with Crippen molar-refractivity contribution in [3.8, 4) is 0 Å². The van der Waals surface area contributed by atoms with Gasteiger partial charge in [-0.15, -0.1) is 0 Å². The molecule has 146 valence electrons. The number of fused-ring (bicyclic) bond motifs is 1. The molecule has 0 aliphatic heterocycles. The van der Waals surface area contributed by atoms with Crippen molar-refractivity contribution >= 4 is 38.7 Å². The summed E-state index contributed by atoms with van der Waals surface area (Å²) in [6, 6.07) is 16.1. The van der Waals surface area contributed by atoms with Crippen LogP contribution in [0.15, 0.2) is 60.7 Å². The van der Waals surface area contributed by atoms with Crippen molar-refractivity contribution in [2.75, 3.05) is 6.61 Å². The largest absolute Gasteiger partial charge is 0.417 e. The van der Waals surface area contributed by atoms with Gasteiger partial charge in [0.1, 0.15) is 0 Å². The molecule has 6 rings (SSSR count). The number of carbonyl (C=O) groups excluding carboxylic acids is 1. The highest BCUT2D eigenvalue weighted by atomic mass is 19.4.